The summed E-state index contributed by atoms with van der Waals surface area (Å²) in [5.74, 6) is -0.519. The summed E-state index contributed by atoms with van der Waals surface area (Å²) in [7, 11) is 0. The van der Waals surface area contributed by atoms with Crippen LogP contribution in [0.2, 0.25) is 0 Å². The number of hydrogen-bond donors (Lipinski definition) is 2. The lowest BCUT2D eigenvalue weighted by Gasteiger charge is -2.19. The first kappa shape index (κ1) is 12.3. The summed E-state index contributed by atoms with van der Waals surface area (Å²) in [6.07, 6.45) is 2.97. The van der Waals surface area contributed by atoms with E-state index < -0.39 is 18.0 Å². The zero-order valence-corrected chi connectivity index (χ0v) is 8.50. The molecule has 0 aliphatic rings. The number of hydrogen-bond acceptors (Lipinski definition) is 3. The van der Waals surface area contributed by atoms with E-state index in [2.05, 4.69) is 0 Å². The summed E-state index contributed by atoms with van der Waals surface area (Å²) in [4.78, 5) is 11.0. The lowest BCUT2D eigenvalue weighted by molar-refractivity contribution is -0.139. The minimum absolute atomic E-state index is 0.359. The highest BCUT2D eigenvalue weighted by atomic mass is 16.3. The Bertz CT molecular complexity index is 200. The first-order valence-electron chi connectivity index (χ1n) is 4.40. The van der Waals surface area contributed by atoms with Crippen molar-refractivity contribution in [2.24, 2.45) is 0 Å². The van der Waals surface area contributed by atoms with Gasteiger partial charge >= 0.3 is 0 Å². The summed E-state index contributed by atoms with van der Waals surface area (Å²) in [6.45, 7) is 4.76. The molecule has 0 bridgehead atoms. The molecule has 0 radical (unpaired) electrons. The standard InChI is InChI=1S/C10H18O3/c1-8(2)5-4-6-10(3,13)9(12)7-11/h5,11,13H,4,6-7H2,1-3H3. The molecule has 76 valence electrons. The number of Topliss-reactive ketones (excluding diaryl/α,β-unsaturated/α-hetero) is 1. The molecule has 0 fully saturated rings. The predicted molar refractivity (Wildman–Crippen MR) is 51.4 cm³/mol. The average Bonchev–Trinajstić information content (AvgIpc) is 2.01. The highest BCUT2D eigenvalue weighted by Gasteiger charge is 2.27. The Kier molecular flexibility index (Phi) is 4.88. The Balaban J connectivity index is 4.03. The highest BCUT2D eigenvalue weighted by Crippen LogP contribution is 2.14. The van der Waals surface area contributed by atoms with Crippen LogP contribution in [0.15, 0.2) is 11.6 Å². The van der Waals surface area contributed by atoms with Crippen LogP contribution in [0.25, 0.3) is 0 Å². The molecule has 1 atom stereocenters. The van der Waals surface area contributed by atoms with Gasteiger partial charge in [0.2, 0.25) is 0 Å². The van der Waals surface area contributed by atoms with Gasteiger partial charge in [-0.1, -0.05) is 11.6 Å². The van der Waals surface area contributed by atoms with Gasteiger partial charge in [-0.15, -0.1) is 0 Å². The van der Waals surface area contributed by atoms with Crippen LogP contribution >= 0.6 is 0 Å². The third kappa shape index (κ3) is 4.80. The van der Waals surface area contributed by atoms with Crippen LogP contribution in [-0.4, -0.2) is 28.2 Å². The molecule has 0 saturated heterocycles. The summed E-state index contributed by atoms with van der Waals surface area (Å²) >= 11 is 0. The van der Waals surface area contributed by atoms with E-state index in [1.807, 2.05) is 19.9 Å². The normalized spacial score (nSPS) is 14.8. The van der Waals surface area contributed by atoms with Crippen LogP contribution in [0, 0.1) is 0 Å². The molecule has 0 rings (SSSR count). The van der Waals surface area contributed by atoms with E-state index in [0.717, 1.165) is 5.57 Å². The molecule has 0 saturated carbocycles. The van der Waals surface area contributed by atoms with Crippen molar-refractivity contribution in [3.05, 3.63) is 11.6 Å². The van der Waals surface area contributed by atoms with E-state index in [4.69, 9.17) is 5.11 Å². The SMILES string of the molecule is CC(C)=CCCC(C)(O)C(=O)CO. The molecule has 13 heavy (non-hydrogen) atoms. The molecule has 0 spiro atoms. The van der Waals surface area contributed by atoms with E-state index in [9.17, 15) is 9.90 Å². The summed E-state index contributed by atoms with van der Waals surface area (Å²) in [6, 6.07) is 0. The first-order chi connectivity index (χ1) is 5.90. The second-order valence-electron chi connectivity index (χ2n) is 3.68. The topological polar surface area (TPSA) is 57.5 Å². The minimum Gasteiger partial charge on any atom is -0.388 e. The molecule has 0 aromatic rings. The molecular weight excluding hydrogens is 168 g/mol. The maximum atomic E-state index is 11.0. The number of aliphatic hydroxyl groups excluding tert-OH is 1. The van der Waals surface area contributed by atoms with Crippen LogP contribution in [0.1, 0.15) is 33.6 Å². The van der Waals surface area contributed by atoms with Gasteiger partial charge in [-0.2, -0.15) is 0 Å². The van der Waals surface area contributed by atoms with Crippen molar-refractivity contribution < 1.29 is 15.0 Å². The van der Waals surface area contributed by atoms with Crippen molar-refractivity contribution in [1.29, 1.82) is 0 Å². The molecule has 1 unspecified atom stereocenters. The number of ketones is 1. The minimum atomic E-state index is -1.39. The molecule has 0 aliphatic heterocycles. The van der Waals surface area contributed by atoms with Crippen molar-refractivity contribution in [2.45, 2.75) is 39.2 Å². The molecule has 2 N–H and O–H groups in total. The van der Waals surface area contributed by atoms with Crippen LogP contribution in [0.3, 0.4) is 0 Å². The lowest BCUT2D eigenvalue weighted by atomic mass is 9.95. The Morgan fingerprint density at radius 1 is 1.46 bits per heavy atom. The monoisotopic (exact) mass is 186 g/mol. The van der Waals surface area contributed by atoms with Gasteiger partial charge in [0.1, 0.15) is 12.2 Å². The summed E-state index contributed by atoms with van der Waals surface area (Å²) in [5, 5.41) is 18.1. The van der Waals surface area contributed by atoms with Crippen molar-refractivity contribution in [3.8, 4) is 0 Å². The molecule has 0 heterocycles. The lowest BCUT2D eigenvalue weighted by Crippen LogP contribution is -2.37. The highest BCUT2D eigenvalue weighted by molar-refractivity contribution is 5.87. The smallest absolute Gasteiger partial charge is 0.189 e. The quantitative estimate of drug-likeness (QED) is 0.631. The van der Waals surface area contributed by atoms with Gasteiger partial charge in [-0.3, -0.25) is 4.79 Å². The second-order valence-corrected chi connectivity index (χ2v) is 3.68. The van der Waals surface area contributed by atoms with Crippen molar-refractivity contribution in [2.75, 3.05) is 6.61 Å². The van der Waals surface area contributed by atoms with Crippen LogP contribution in [0.4, 0.5) is 0 Å². The molecular formula is C10H18O3. The van der Waals surface area contributed by atoms with E-state index in [0.29, 0.717) is 12.8 Å². The van der Waals surface area contributed by atoms with Gasteiger partial charge in [0, 0.05) is 0 Å². The van der Waals surface area contributed by atoms with Gasteiger partial charge in [-0.05, 0) is 33.6 Å². The number of rotatable bonds is 5. The third-order valence-corrected chi connectivity index (χ3v) is 1.93. The Morgan fingerprint density at radius 3 is 2.38 bits per heavy atom. The molecule has 3 heteroatoms. The largest absolute Gasteiger partial charge is 0.388 e. The van der Waals surface area contributed by atoms with E-state index >= 15 is 0 Å². The molecule has 0 aromatic carbocycles. The summed E-state index contributed by atoms with van der Waals surface area (Å²) in [5.41, 5.74) is -0.229. The van der Waals surface area contributed by atoms with Crippen LogP contribution in [-0.2, 0) is 4.79 Å². The fraction of sp³-hybridized carbons (Fsp3) is 0.700. The zero-order valence-electron chi connectivity index (χ0n) is 8.50. The fourth-order valence-corrected chi connectivity index (χ4v) is 0.952. The third-order valence-electron chi connectivity index (χ3n) is 1.93. The van der Waals surface area contributed by atoms with Gasteiger partial charge in [-0.25, -0.2) is 0 Å². The van der Waals surface area contributed by atoms with Crippen LogP contribution < -0.4 is 0 Å². The van der Waals surface area contributed by atoms with Gasteiger partial charge in [0.05, 0.1) is 0 Å². The number of carbonyl (C=O) groups excluding carboxylic acids is 1. The van der Waals surface area contributed by atoms with E-state index in [1.165, 1.54) is 6.92 Å². The Labute approximate surface area is 79.1 Å². The van der Waals surface area contributed by atoms with Crippen molar-refractivity contribution in [1.82, 2.24) is 0 Å². The Hall–Kier alpha value is -0.670. The molecule has 3 nitrogen and oxygen atoms in total. The maximum Gasteiger partial charge on any atom is 0.189 e. The number of allylic oxidation sites excluding steroid dienone is 2. The van der Waals surface area contributed by atoms with E-state index in [-0.39, 0.29) is 0 Å². The molecule has 0 amide bonds. The van der Waals surface area contributed by atoms with Gasteiger partial charge in [0.25, 0.3) is 0 Å². The zero-order chi connectivity index (χ0) is 10.5. The molecule has 0 aliphatic carbocycles. The fourth-order valence-electron chi connectivity index (χ4n) is 0.952. The molecule has 0 aromatic heterocycles. The summed E-state index contributed by atoms with van der Waals surface area (Å²) < 4.78 is 0. The Morgan fingerprint density at radius 2 is 2.00 bits per heavy atom. The number of carbonyl (C=O) groups is 1. The second kappa shape index (κ2) is 5.14. The maximum absolute atomic E-state index is 11.0. The van der Waals surface area contributed by atoms with E-state index in [1.54, 1.807) is 0 Å². The average molecular weight is 186 g/mol. The first-order valence-corrected chi connectivity index (χ1v) is 4.40. The van der Waals surface area contributed by atoms with Crippen LogP contribution in [0.5, 0.6) is 0 Å². The van der Waals surface area contributed by atoms with Gasteiger partial charge in [0.15, 0.2) is 5.78 Å². The van der Waals surface area contributed by atoms with Crippen molar-refractivity contribution in [3.63, 3.8) is 0 Å². The number of aliphatic hydroxyl groups is 2. The predicted octanol–water partition coefficient (Wildman–Crippen LogP) is 1.05. The van der Waals surface area contributed by atoms with Crippen molar-refractivity contribution >= 4 is 5.78 Å². The van der Waals surface area contributed by atoms with Gasteiger partial charge < -0.3 is 10.2 Å².